The van der Waals surface area contributed by atoms with Crippen LogP contribution in [0.15, 0.2) is 24.3 Å². The quantitative estimate of drug-likeness (QED) is 0.772. The summed E-state index contributed by atoms with van der Waals surface area (Å²) in [5.41, 5.74) is 0.919. The number of carbonyl (C=O) groups is 1. The molecule has 0 heterocycles. The minimum Gasteiger partial charge on any atom is -0.467 e. The lowest BCUT2D eigenvalue weighted by molar-refractivity contribution is -0.150. The first-order valence-corrected chi connectivity index (χ1v) is 5.39. The molecule has 94 valence electrons. The minimum absolute atomic E-state index is 0.00915. The smallest absolute Gasteiger partial charge is 0.339 e. The molecule has 1 rings (SSSR count). The molecule has 0 aliphatic rings. The van der Waals surface area contributed by atoms with Crippen LogP contribution in [0.1, 0.15) is 31.1 Å². The van der Waals surface area contributed by atoms with E-state index < -0.39 is 17.5 Å². The van der Waals surface area contributed by atoms with Crippen LogP contribution >= 0.6 is 0 Å². The highest BCUT2D eigenvalue weighted by Gasteiger charge is 2.23. The number of benzene rings is 1. The Morgan fingerprint density at radius 3 is 2.65 bits per heavy atom. The lowest BCUT2D eigenvalue weighted by Crippen LogP contribution is -2.22. The van der Waals surface area contributed by atoms with E-state index in [9.17, 15) is 15.0 Å². The van der Waals surface area contributed by atoms with Gasteiger partial charge in [0.1, 0.15) is 0 Å². The Bertz CT molecular complexity index is 398. The summed E-state index contributed by atoms with van der Waals surface area (Å²) in [6.45, 7) is 3.76. The van der Waals surface area contributed by atoms with Gasteiger partial charge in [0.15, 0.2) is 6.10 Å². The molecular formula is C13H18O4. The van der Waals surface area contributed by atoms with Crippen LogP contribution in [0.5, 0.6) is 0 Å². The fourth-order valence-electron chi connectivity index (χ4n) is 1.47. The Balaban J connectivity index is 3.05. The van der Waals surface area contributed by atoms with Crippen molar-refractivity contribution in [2.24, 2.45) is 0 Å². The Labute approximate surface area is 101 Å². The zero-order valence-corrected chi connectivity index (χ0v) is 10.3. The summed E-state index contributed by atoms with van der Waals surface area (Å²) in [7, 11) is 1.23. The number of rotatable bonds is 4. The van der Waals surface area contributed by atoms with Crippen molar-refractivity contribution in [2.45, 2.75) is 25.4 Å². The fourth-order valence-corrected chi connectivity index (χ4v) is 1.47. The van der Waals surface area contributed by atoms with Crippen LogP contribution < -0.4 is 0 Å². The molecule has 0 spiro atoms. The molecule has 0 aromatic heterocycles. The first-order valence-electron chi connectivity index (χ1n) is 5.39. The highest BCUT2D eigenvalue weighted by molar-refractivity contribution is 5.76. The first kappa shape index (κ1) is 13.7. The number of carbonyl (C=O) groups excluding carboxylic acids is 1. The van der Waals surface area contributed by atoms with Gasteiger partial charge in [0.05, 0.1) is 13.7 Å². The van der Waals surface area contributed by atoms with Crippen molar-refractivity contribution in [3.63, 3.8) is 0 Å². The van der Waals surface area contributed by atoms with E-state index in [2.05, 4.69) is 4.74 Å². The monoisotopic (exact) mass is 238 g/mol. The topological polar surface area (TPSA) is 66.8 Å². The van der Waals surface area contributed by atoms with Crippen LogP contribution in [0.3, 0.4) is 0 Å². The molecule has 1 aromatic rings. The molecule has 17 heavy (non-hydrogen) atoms. The maximum Gasteiger partial charge on any atom is 0.339 e. The number of aliphatic hydroxyl groups excluding tert-OH is 2. The van der Waals surface area contributed by atoms with Crippen molar-refractivity contribution in [3.05, 3.63) is 35.4 Å². The standard InChI is InChI=1S/C13H18O4/c1-13(2,8-14)10-6-4-5-9(7-10)11(15)12(16)17-3/h4-7,11,14-15H,8H2,1-3H3. The van der Waals surface area contributed by atoms with Crippen molar-refractivity contribution in [1.82, 2.24) is 0 Å². The van der Waals surface area contributed by atoms with Crippen LogP contribution in [0.4, 0.5) is 0 Å². The molecule has 0 saturated carbocycles. The van der Waals surface area contributed by atoms with Gasteiger partial charge < -0.3 is 14.9 Å². The summed E-state index contributed by atoms with van der Waals surface area (Å²) in [6.07, 6.45) is -1.28. The van der Waals surface area contributed by atoms with Crippen LogP contribution in [0, 0.1) is 0 Å². The number of aliphatic hydroxyl groups is 2. The second-order valence-corrected chi connectivity index (χ2v) is 4.59. The molecule has 4 heteroatoms. The van der Waals surface area contributed by atoms with Gasteiger partial charge in [0.25, 0.3) is 0 Å². The predicted molar refractivity (Wildman–Crippen MR) is 63.5 cm³/mol. The summed E-state index contributed by atoms with van der Waals surface area (Å²) < 4.78 is 4.48. The zero-order chi connectivity index (χ0) is 13.1. The van der Waals surface area contributed by atoms with Crippen molar-refractivity contribution in [2.75, 3.05) is 13.7 Å². The number of ether oxygens (including phenoxy) is 1. The van der Waals surface area contributed by atoms with E-state index in [-0.39, 0.29) is 6.61 Å². The molecule has 0 radical (unpaired) electrons. The summed E-state index contributed by atoms with van der Waals surface area (Å²) in [5.74, 6) is -0.691. The molecule has 1 unspecified atom stereocenters. The molecular weight excluding hydrogens is 220 g/mol. The van der Waals surface area contributed by atoms with Gasteiger partial charge in [-0.05, 0) is 11.1 Å². The maximum atomic E-state index is 11.2. The molecule has 1 aromatic carbocycles. The van der Waals surface area contributed by atoms with Crippen LogP contribution in [-0.2, 0) is 14.9 Å². The van der Waals surface area contributed by atoms with E-state index in [0.717, 1.165) is 5.56 Å². The molecule has 0 saturated heterocycles. The minimum atomic E-state index is -1.28. The van der Waals surface area contributed by atoms with Gasteiger partial charge in [0, 0.05) is 5.41 Å². The van der Waals surface area contributed by atoms with Gasteiger partial charge in [-0.25, -0.2) is 4.79 Å². The zero-order valence-electron chi connectivity index (χ0n) is 10.3. The van der Waals surface area contributed by atoms with Crippen molar-refractivity contribution in [3.8, 4) is 0 Å². The van der Waals surface area contributed by atoms with Gasteiger partial charge in [-0.3, -0.25) is 0 Å². The molecule has 4 nitrogen and oxygen atoms in total. The van der Waals surface area contributed by atoms with Gasteiger partial charge in [-0.15, -0.1) is 0 Å². The fraction of sp³-hybridized carbons (Fsp3) is 0.462. The normalized spacial score (nSPS) is 13.2. The van der Waals surface area contributed by atoms with E-state index >= 15 is 0 Å². The highest BCUT2D eigenvalue weighted by atomic mass is 16.5. The third kappa shape index (κ3) is 3.05. The SMILES string of the molecule is COC(=O)C(O)c1cccc(C(C)(C)CO)c1. The lowest BCUT2D eigenvalue weighted by Gasteiger charge is -2.23. The third-order valence-electron chi connectivity index (χ3n) is 2.80. The maximum absolute atomic E-state index is 11.2. The van der Waals surface area contributed by atoms with Gasteiger partial charge in [0.2, 0.25) is 0 Å². The number of methoxy groups -OCH3 is 1. The van der Waals surface area contributed by atoms with Crippen molar-refractivity contribution < 1.29 is 19.7 Å². The van der Waals surface area contributed by atoms with E-state index in [1.165, 1.54) is 7.11 Å². The average Bonchev–Trinajstić information content (AvgIpc) is 2.37. The van der Waals surface area contributed by atoms with Crippen LogP contribution in [-0.4, -0.2) is 29.9 Å². The molecule has 0 aliphatic heterocycles. The molecule has 0 fully saturated rings. The summed E-state index contributed by atoms with van der Waals surface area (Å²) in [4.78, 5) is 11.2. The lowest BCUT2D eigenvalue weighted by atomic mass is 9.84. The number of hydrogen-bond donors (Lipinski definition) is 2. The third-order valence-corrected chi connectivity index (χ3v) is 2.80. The predicted octanol–water partition coefficient (Wildman–Crippen LogP) is 1.16. The van der Waals surface area contributed by atoms with Crippen molar-refractivity contribution in [1.29, 1.82) is 0 Å². The Morgan fingerprint density at radius 1 is 1.47 bits per heavy atom. The summed E-state index contributed by atoms with van der Waals surface area (Å²) in [5, 5.41) is 19.0. The second-order valence-electron chi connectivity index (χ2n) is 4.59. The summed E-state index contributed by atoms with van der Waals surface area (Å²) >= 11 is 0. The highest BCUT2D eigenvalue weighted by Crippen LogP contribution is 2.25. The van der Waals surface area contributed by atoms with Gasteiger partial charge >= 0.3 is 5.97 Å². The number of esters is 1. The van der Waals surface area contributed by atoms with Crippen molar-refractivity contribution >= 4 is 5.97 Å². The number of hydrogen-bond acceptors (Lipinski definition) is 4. The molecule has 0 bridgehead atoms. The van der Waals surface area contributed by atoms with Gasteiger partial charge in [-0.2, -0.15) is 0 Å². The van der Waals surface area contributed by atoms with E-state index in [1.807, 2.05) is 19.9 Å². The molecule has 2 N–H and O–H groups in total. The molecule has 0 amide bonds. The molecule has 0 aliphatic carbocycles. The van der Waals surface area contributed by atoms with Crippen LogP contribution in [0.25, 0.3) is 0 Å². The van der Waals surface area contributed by atoms with E-state index in [0.29, 0.717) is 5.56 Å². The summed E-state index contributed by atoms with van der Waals surface area (Å²) in [6, 6.07) is 6.95. The largest absolute Gasteiger partial charge is 0.467 e. The first-order chi connectivity index (χ1) is 7.92. The van der Waals surface area contributed by atoms with E-state index in [4.69, 9.17) is 0 Å². The Kier molecular flexibility index (Phi) is 4.26. The molecule has 1 atom stereocenters. The van der Waals surface area contributed by atoms with Gasteiger partial charge in [-0.1, -0.05) is 38.1 Å². The Hall–Kier alpha value is -1.39. The average molecular weight is 238 g/mol. The van der Waals surface area contributed by atoms with E-state index in [1.54, 1.807) is 18.2 Å². The van der Waals surface area contributed by atoms with Crippen LogP contribution in [0.2, 0.25) is 0 Å². The second kappa shape index (κ2) is 5.29. The Morgan fingerprint density at radius 2 is 2.12 bits per heavy atom.